The van der Waals surface area contributed by atoms with Crippen LogP contribution in [-0.4, -0.2) is 23.0 Å². The highest BCUT2D eigenvalue weighted by Gasteiger charge is 2.21. The largest absolute Gasteiger partial charge is 0.444 e. The van der Waals surface area contributed by atoms with Gasteiger partial charge in [0.25, 0.3) is 0 Å². The topological polar surface area (TPSA) is 58.6 Å². The standard InChI is InChI=1S/C11H21NO3/c1-6-8(7-2)9(13)12-10(14)15-11(3,4)5/h6,8-9,13H,1,7H2,2-5H3,(H,12,14). The first-order valence-corrected chi connectivity index (χ1v) is 5.10. The fourth-order valence-corrected chi connectivity index (χ4v) is 1.05. The van der Waals surface area contributed by atoms with Gasteiger partial charge in [-0.1, -0.05) is 13.0 Å². The summed E-state index contributed by atoms with van der Waals surface area (Å²) >= 11 is 0. The first-order valence-electron chi connectivity index (χ1n) is 5.10. The van der Waals surface area contributed by atoms with E-state index in [4.69, 9.17) is 4.74 Å². The van der Waals surface area contributed by atoms with Gasteiger partial charge in [-0.25, -0.2) is 4.79 Å². The Labute approximate surface area is 91.3 Å². The molecule has 2 atom stereocenters. The van der Waals surface area contributed by atoms with Gasteiger partial charge in [-0.05, 0) is 27.2 Å². The maximum absolute atomic E-state index is 11.3. The second kappa shape index (κ2) is 5.75. The molecule has 1 amide bonds. The number of aliphatic hydroxyl groups is 1. The van der Waals surface area contributed by atoms with Crippen molar-refractivity contribution in [3.05, 3.63) is 12.7 Å². The summed E-state index contributed by atoms with van der Waals surface area (Å²) in [5, 5.41) is 12.0. The average Bonchev–Trinajstić information content (AvgIpc) is 2.02. The lowest BCUT2D eigenvalue weighted by Crippen LogP contribution is -2.42. The molecule has 0 saturated heterocycles. The van der Waals surface area contributed by atoms with Crippen LogP contribution in [0.5, 0.6) is 0 Å². The molecule has 0 spiro atoms. The molecule has 0 aromatic carbocycles. The van der Waals surface area contributed by atoms with Crippen LogP contribution in [0.2, 0.25) is 0 Å². The van der Waals surface area contributed by atoms with Crippen LogP contribution in [0.1, 0.15) is 34.1 Å². The predicted octanol–water partition coefficient (Wildman–Crippen LogP) is 2.04. The fourth-order valence-electron chi connectivity index (χ4n) is 1.05. The number of amides is 1. The third-order valence-corrected chi connectivity index (χ3v) is 1.84. The lowest BCUT2D eigenvalue weighted by molar-refractivity contribution is 0.0275. The van der Waals surface area contributed by atoms with Crippen molar-refractivity contribution in [2.24, 2.45) is 5.92 Å². The number of hydrogen-bond donors (Lipinski definition) is 2. The summed E-state index contributed by atoms with van der Waals surface area (Å²) < 4.78 is 5.00. The van der Waals surface area contributed by atoms with E-state index in [1.165, 1.54) is 0 Å². The molecule has 0 aromatic heterocycles. The molecule has 2 N–H and O–H groups in total. The van der Waals surface area contributed by atoms with E-state index in [-0.39, 0.29) is 5.92 Å². The van der Waals surface area contributed by atoms with E-state index in [2.05, 4.69) is 11.9 Å². The minimum atomic E-state index is -0.942. The van der Waals surface area contributed by atoms with Gasteiger partial charge in [-0.2, -0.15) is 0 Å². The zero-order chi connectivity index (χ0) is 12.1. The highest BCUT2D eigenvalue weighted by atomic mass is 16.6. The van der Waals surface area contributed by atoms with Crippen LogP contribution in [0, 0.1) is 5.92 Å². The molecule has 0 saturated carbocycles. The Bertz CT molecular complexity index is 220. The molecular weight excluding hydrogens is 194 g/mol. The summed E-state index contributed by atoms with van der Waals surface area (Å²) in [7, 11) is 0. The molecule has 0 radical (unpaired) electrons. The summed E-state index contributed by atoms with van der Waals surface area (Å²) in [4.78, 5) is 11.3. The number of carbonyl (C=O) groups is 1. The lowest BCUT2D eigenvalue weighted by Gasteiger charge is -2.23. The van der Waals surface area contributed by atoms with Gasteiger partial charge in [0.05, 0.1) is 0 Å². The molecule has 0 aliphatic rings. The van der Waals surface area contributed by atoms with Crippen LogP contribution in [0.3, 0.4) is 0 Å². The van der Waals surface area contributed by atoms with Crippen LogP contribution >= 0.6 is 0 Å². The molecule has 4 nitrogen and oxygen atoms in total. The predicted molar refractivity (Wildman–Crippen MR) is 59.4 cm³/mol. The van der Waals surface area contributed by atoms with E-state index in [9.17, 15) is 9.90 Å². The number of alkyl carbamates (subject to hydrolysis) is 1. The minimum Gasteiger partial charge on any atom is -0.444 e. The van der Waals surface area contributed by atoms with E-state index in [1.54, 1.807) is 26.8 Å². The summed E-state index contributed by atoms with van der Waals surface area (Å²) in [6.45, 7) is 10.8. The third-order valence-electron chi connectivity index (χ3n) is 1.84. The summed E-state index contributed by atoms with van der Waals surface area (Å²) in [5.74, 6) is -0.155. The number of carbonyl (C=O) groups excluding carboxylic acids is 1. The zero-order valence-corrected chi connectivity index (χ0v) is 9.91. The second-order valence-electron chi connectivity index (χ2n) is 4.40. The SMILES string of the molecule is C=CC(CC)C(O)NC(=O)OC(C)(C)C. The van der Waals surface area contributed by atoms with Crippen molar-refractivity contribution in [2.75, 3.05) is 0 Å². The average molecular weight is 215 g/mol. The van der Waals surface area contributed by atoms with Crippen molar-refractivity contribution in [2.45, 2.75) is 45.9 Å². The number of rotatable bonds is 4. The van der Waals surface area contributed by atoms with Gasteiger partial charge < -0.3 is 9.84 Å². The van der Waals surface area contributed by atoms with Gasteiger partial charge in [0.2, 0.25) is 0 Å². The van der Waals surface area contributed by atoms with Crippen LogP contribution in [-0.2, 0) is 4.74 Å². The van der Waals surface area contributed by atoms with Crippen molar-refractivity contribution < 1.29 is 14.6 Å². The molecule has 2 unspecified atom stereocenters. The number of hydrogen-bond acceptors (Lipinski definition) is 3. The summed E-state index contributed by atoms with van der Waals surface area (Å²) in [5.41, 5.74) is -0.556. The van der Waals surface area contributed by atoms with Crippen molar-refractivity contribution in [3.8, 4) is 0 Å². The number of nitrogens with one attached hydrogen (secondary N) is 1. The number of aliphatic hydroxyl groups excluding tert-OH is 1. The summed E-state index contributed by atoms with van der Waals surface area (Å²) in [6, 6.07) is 0. The van der Waals surface area contributed by atoms with Gasteiger partial charge >= 0.3 is 6.09 Å². The molecule has 0 rings (SSSR count). The molecular formula is C11H21NO3. The molecule has 0 fully saturated rings. The van der Waals surface area contributed by atoms with E-state index >= 15 is 0 Å². The molecule has 0 aromatic rings. The molecule has 0 heterocycles. The highest BCUT2D eigenvalue weighted by molar-refractivity contribution is 5.67. The Balaban J connectivity index is 4.12. The Kier molecular flexibility index (Phi) is 5.36. The third kappa shape index (κ3) is 6.12. The van der Waals surface area contributed by atoms with Gasteiger partial charge in [0, 0.05) is 5.92 Å². The molecule has 15 heavy (non-hydrogen) atoms. The first-order chi connectivity index (χ1) is 6.80. The van der Waals surface area contributed by atoms with Crippen molar-refractivity contribution >= 4 is 6.09 Å². The monoisotopic (exact) mass is 215 g/mol. The molecule has 0 aliphatic carbocycles. The number of ether oxygens (including phenoxy) is 1. The second-order valence-corrected chi connectivity index (χ2v) is 4.40. The van der Waals surface area contributed by atoms with E-state index < -0.39 is 17.9 Å². The molecule has 88 valence electrons. The van der Waals surface area contributed by atoms with E-state index in [1.807, 2.05) is 6.92 Å². The molecule has 0 aliphatic heterocycles. The summed E-state index contributed by atoms with van der Waals surface area (Å²) in [6.07, 6.45) is 0.764. The van der Waals surface area contributed by atoms with Crippen molar-refractivity contribution in [3.63, 3.8) is 0 Å². The highest BCUT2D eigenvalue weighted by Crippen LogP contribution is 2.10. The maximum atomic E-state index is 11.3. The Morgan fingerprint density at radius 2 is 2.13 bits per heavy atom. The molecule has 0 bridgehead atoms. The van der Waals surface area contributed by atoms with Crippen molar-refractivity contribution in [1.82, 2.24) is 5.32 Å². The van der Waals surface area contributed by atoms with Crippen LogP contribution in [0.15, 0.2) is 12.7 Å². The normalized spacial score (nSPS) is 15.3. The quantitative estimate of drug-likeness (QED) is 0.557. The van der Waals surface area contributed by atoms with Crippen LogP contribution in [0.4, 0.5) is 4.79 Å². The lowest BCUT2D eigenvalue weighted by atomic mass is 10.1. The van der Waals surface area contributed by atoms with Crippen LogP contribution < -0.4 is 5.32 Å². The smallest absolute Gasteiger partial charge is 0.409 e. The zero-order valence-electron chi connectivity index (χ0n) is 9.91. The minimum absolute atomic E-state index is 0.155. The van der Waals surface area contributed by atoms with Gasteiger partial charge in [0.1, 0.15) is 11.8 Å². The molecule has 4 heteroatoms. The van der Waals surface area contributed by atoms with Gasteiger partial charge in [-0.15, -0.1) is 6.58 Å². The Hall–Kier alpha value is -1.03. The van der Waals surface area contributed by atoms with Crippen LogP contribution in [0.25, 0.3) is 0 Å². The van der Waals surface area contributed by atoms with E-state index in [0.29, 0.717) is 6.42 Å². The Morgan fingerprint density at radius 3 is 2.47 bits per heavy atom. The maximum Gasteiger partial charge on any atom is 0.409 e. The Morgan fingerprint density at radius 1 is 1.60 bits per heavy atom. The van der Waals surface area contributed by atoms with Crippen molar-refractivity contribution in [1.29, 1.82) is 0 Å². The first kappa shape index (κ1) is 14.0. The van der Waals surface area contributed by atoms with Gasteiger partial charge in [-0.3, -0.25) is 5.32 Å². The van der Waals surface area contributed by atoms with E-state index in [0.717, 1.165) is 0 Å². The fraction of sp³-hybridized carbons (Fsp3) is 0.727. The van der Waals surface area contributed by atoms with Gasteiger partial charge in [0.15, 0.2) is 0 Å².